The molecule has 1 N–H and O–H groups in total. The molecule has 19 heavy (non-hydrogen) atoms. The first-order valence-corrected chi connectivity index (χ1v) is 5.81. The zero-order valence-corrected chi connectivity index (χ0v) is 10.5. The average Bonchev–Trinajstić information content (AvgIpc) is 2.41. The minimum atomic E-state index is -0.399. The van der Waals surface area contributed by atoms with Crippen molar-refractivity contribution in [2.75, 3.05) is 0 Å². The van der Waals surface area contributed by atoms with Crippen LogP contribution in [0.5, 0.6) is 0 Å². The van der Waals surface area contributed by atoms with Crippen LogP contribution in [0.3, 0.4) is 0 Å². The molecule has 0 atom stereocenters. The van der Waals surface area contributed by atoms with Crippen molar-refractivity contribution in [3.8, 4) is 0 Å². The molecule has 1 aromatic carbocycles. The summed E-state index contributed by atoms with van der Waals surface area (Å²) in [5, 5.41) is 15.2. The lowest BCUT2D eigenvalue weighted by Gasteiger charge is -2.00. The van der Waals surface area contributed by atoms with Crippen molar-refractivity contribution in [2.45, 2.75) is 0 Å². The first kappa shape index (κ1) is 13.0. The summed E-state index contributed by atoms with van der Waals surface area (Å²) < 4.78 is 0.601. The molecular weight excluding hydrogens is 266 g/mol. The van der Waals surface area contributed by atoms with Gasteiger partial charge in [0.1, 0.15) is 0 Å². The molecule has 1 amide bonds. The van der Waals surface area contributed by atoms with Gasteiger partial charge in [0.15, 0.2) is 12.4 Å². The number of nitrogens with one attached hydrogen (secondary N) is 1. The molecule has 0 spiro atoms. The van der Waals surface area contributed by atoms with Crippen molar-refractivity contribution in [3.63, 3.8) is 0 Å². The summed E-state index contributed by atoms with van der Waals surface area (Å²) in [5.74, 6) is -0.399. The van der Waals surface area contributed by atoms with Gasteiger partial charge in [-0.15, -0.1) is 0 Å². The second-order valence-electron chi connectivity index (χ2n) is 3.67. The number of hydrogen-bond donors (Lipinski definition) is 1. The standard InChI is InChI=1S/C13H10ClN3O2/c14-12-4-2-1-3-11(12)9-15-16-13(18)10-5-7-17(19)8-6-10/h1-9H,(H,16,18)/b15-9-. The highest BCUT2D eigenvalue weighted by Crippen LogP contribution is 2.12. The highest BCUT2D eigenvalue weighted by molar-refractivity contribution is 6.33. The van der Waals surface area contributed by atoms with E-state index < -0.39 is 5.91 Å². The number of hydrogen-bond acceptors (Lipinski definition) is 3. The van der Waals surface area contributed by atoms with Gasteiger partial charge in [0, 0.05) is 22.7 Å². The molecule has 5 nitrogen and oxygen atoms in total. The first-order chi connectivity index (χ1) is 9.16. The van der Waals surface area contributed by atoms with Gasteiger partial charge in [0.25, 0.3) is 5.91 Å². The maximum absolute atomic E-state index is 11.7. The Hall–Kier alpha value is -2.40. The number of amides is 1. The summed E-state index contributed by atoms with van der Waals surface area (Å²) in [4.78, 5) is 11.7. The molecule has 6 heteroatoms. The third-order valence-electron chi connectivity index (χ3n) is 2.34. The molecule has 0 saturated carbocycles. The van der Waals surface area contributed by atoms with Crippen LogP contribution in [0.15, 0.2) is 53.9 Å². The van der Waals surface area contributed by atoms with Crippen LogP contribution in [-0.4, -0.2) is 12.1 Å². The van der Waals surface area contributed by atoms with Gasteiger partial charge in [-0.1, -0.05) is 29.8 Å². The van der Waals surface area contributed by atoms with E-state index in [1.807, 2.05) is 6.07 Å². The number of hydrazone groups is 1. The quantitative estimate of drug-likeness (QED) is 0.401. The van der Waals surface area contributed by atoms with Gasteiger partial charge in [-0.2, -0.15) is 9.83 Å². The predicted molar refractivity (Wildman–Crippen MR) is 71.9 cm³/mol. The fourth-order valence-electron chi connectivity index (χ4n) is 1.37. The predicted octanol–water partition coefficient (Wildman–Crippen LogP) is 1.74. The van der Waals surface area contributed by atoms with Gasteiger partial charge in [-0.05, 0) is 6.07 Å². The number of benzene rings is 1. The minimum Gasteiger partial charge on any atom is -0.619 e. The number of halogens is 1. The molecule has 0 unspecified atom stereocenters. The average molecular weight is 276 g/mol. The Kier molecular flexibility index (Phi) is 4.10. The van der Waals surface area contributed by atoms with E-state index in [1.165, 1.54) is 30.7 Å². The van der Waals surface area contributed by atoms with Gasteiger partial charge in [0.2, 0.25) is 0 Å². The Labute approximate surface area is 114 Å². The van der Waals surface area contributed by atoms with Gasteiger partial charge >= 0.3 is 0 Å². The van der Waals surface area contributed by atoms with E-state index in [0.717, 1.165) is 0 Å². The largest absolute Gasteiger partial charge is 0.619 e. The lowest BCUT2D eigenvalue weighted by molar-refractivity contribution is -0.605. The lowest BCUT2D eigenvalue weighted by Crippen LogP contribution is -2.26. The lowest BCUT2D eigenvalue weighted by atomic mass is 10.2. The van der Waals surface area contributed by atoms with Gasteiger partial charge in [0.05, 0.1) is 11.8 Å². The molecule has 96 valence electrons. The monoisotopic (exact) mass is 275 g/mol. The second-order valence-corrected chi connectivity index (χ2v) is 4.07. The molecule has 0 bridgehead atoms. The second kappa shape index (κ2) is 5.97. The Morgan fingerprint density at radius 1 is 1.26 bits per heavy atom. The molecule has 0 radical (unpaired) electrons. The summed E-state index contributed by atoms with van der Waals surface area (Å²) in [6.07, 6.45) is 3.94. The van der Waals surface area contributed by atoms with Gasteiger partial charge < -0.3 is 5.21 Å². The van der Waals surface area contributed by atoms with E-state index >= 15 is 0 Å². The molecule has 0 aliphatic carbocycles. The Balaban J connectivity index is 2.01. The third kappa shape index (κ3) is 3.53. The fraction of sp³-hybridized carbons (Fsp3) is 0. The zero-order chi connectivity index (χ0) is 13.7. The molecule has 1 aromatic heterocycles. The van der Waals surface area contributed by atoms with Crippen molar-refractivity contribution >= 4 is 23.7 Å². The fourth-order valence-corrected chi connectivity index (χ4v) is 1.55. The van der Waals surface area contributed by atoms with Crippen LogP contribution in [0.25, 0.3) is 0 Å². The van der Waals surface area contributed by atoms with Crippen LogP contribution < -0.4 is 10.2 Å². The molecule has 1 heterocycles. The number of pyridine rings is 1. The number of carbonyl (C=O) groups is 1. The normalized spacial score (nSPS) is 10.6. The maximum Gasteiger partial charge on any atom is 0.271 e. The number of carbonyl (C=O) groups excluding carboxylic acids is 1. The highest BCUT2D eigenvalue weighted by Gasteiger charge is 2.04. The third-order valence-corrected chi connectivity index (χ3v) is 2.68. The Bertz CT molecular complexity index is 612. The Morgan fingerprint density at radius 2 is 1.95 bits per heavy atom. The maximum atomic E-state index is 11.7. The summed E-state index contributed by atoms with van der Waals surface area (Å²) in [5.41, 5.74) is 3.41. The van der Waals surface area contributed by atoms with Crippen molar-refractivity contribution < 1.29 is 9.52 Å². The summed E-state index contributed by atoms with van der Waals surface area (Å²) in [6.45, 7) is 0. The van der Waals surface area contributed by atoms with Gasteiger partial charge in [-0.3, -0.25) is 4.79 Å². The van der Waals surface area contributed by atoms with Crippen LogP contribution in [0, 0.1) is 5.21 Å². The molecule has 0 saturated heterocycles. The highest BCUT2D eigenvalue weighted by atomic mass is 35.5. The summed E-state index contributed by atoms with van der Waals surface area (Å²) in [6, 6.07) is 9.95. The number of aromatic nitrogens is 1. The van der Waals surface area contributed by atoms with E-state index in [4.69, 9.17) is 11.6 Å². The van der Waals surface area contributed by atoms with E-state index in [-0.39, 0.29) is 0 Å². The topological polar surface area (TPSA) is 68.4 Å². The molecule has 2 rings (SSSR count). The van der Waals surface area contributed by atoms with Crippen LogP contribution in [0.2, 0.25) is 5.02 Å². The molecule has 0 aliphatic heterocycles. The van der Waals surface area contributed by atoms with Crippen molar-refractivity contribution in [2.24, 2.45) is 5.10 Å². The van der Waals surface area contributed by atoms with Crippen LogP contribution >= 0.6 is 11.6 Å². The minimum absolute atomic E-state index is 0.350. The van der Waals surface area contributed by atoms with Gasteiger partial charge in [-0.25, -0.2) is 5.43 Å². The molecular formula is C13H10ClN3O2. The van der Waals surface area contributed by atoms with E-state index in [9.17, 15) is 10.0 Å². The van der Waals surface area contributed by atoms with Crippen LogP contribution in [-0.2, 0) is 0 Å². The van der Waals surface area contributed by atoms with Crippen molar-refractivity contribution in [1.29, 1.82) is 0 Å². The number of rotatable bonds is 3. The number of nitrogens with zero attached hydrogens (tertiary/aromatic N) is 2. The van der Waals surface area contributed by atoms with E-state index in [2.05, 4.69) is 10.5 Å². The molecule has 0 aliphatic rings. The van der Waals surface area contributed by atoms with Crippen molar-refractivity contribution in [3.05, 3.63) is 70.1 Å². The first-order valence-electron chi connectivity index (χ1n) is 5.43. The van der Waals surface area contributed by atoms with Crippen LogP contribution in [0.1, 0.15) is 15.9 Å². The van der Waals surface area contributed by atoms with Crippen LogP contribution in [0.4, 0.5) is 0 Å². The summed E-state index contributed by atoms with van der Waals surface area (Å²) in [7, 11) is 0. The van der Waals surface area contributed by atoms with E-state index in [1.54, 1.807) is 18.2 Å². The Morgan fingerprint density at radius 3 is 2.63 bits per heavy atom. The molecule has 0 fully saturated rings. The summed E-state index contributed by atoms with van der Waals surface area (Å²) >= 11 is 5.93. The zero-order valence-electron chi connectivity index (χ0n) is 9.79. The van der Waals surface area contributed by atoms with Crippen molar-refractivity contribution in [1.82, 2.24) is 5.43 Å². The smallest absolute Gasteiger partial charge is 0.271 e. The SMILES string of the molecule is O=C(N/N=C\c1ccccc1Cl)c1cc[n+]([O-])cc1. The molecule has 2 aromatic rings. The van der Waals surface area contributed by atoms with E-state index in [0.29, 0.717) is 20.9 Å².